The Bertz CT molecular complexity index is 597. The number of fused-ring (bicyclic) bond motifs is 1. The Morgan fingerprint density at radius 3 is 2.63 bits per heavy atom. The molecule has 0 spiro atoms. The Kier molecular flexibility index (Phi) is 8.71. The third kappa shape index (κ3) is 5.76. The number of hydrogen-bond acceptors (Lipinski definition) is 4. The Balaban J connectivity index is 0.00000261. The quantitative estimate of drug-likeness (QED) is 0.706. The van der Waals surface area contributed by atoms with Crippen molar-refractivity contribution >= 4 is 18.3 Å². The van der Waals surface area contributed by atoms with Crippen LogP contribution in [0.1, 0.15) is 51.5 Å². The van der Waals surface area contributed by atoms with Gasteiger partial charge in [-0.2, -0.15) is 0 Å². The fourth-order valence-corrected chi connectivity index (χ4v) is 4.23. The molecule has 152 valence electrons. The van der Waals surface area contributed by atoms with Gasteiger partial charge < -0.3 is 20.1 Å². The van der Waals surface area contributed by atoms with Crippen LogP contribution in [0.2, 0.25) is 0 Å². The van der Waals surface area contributed by atoms with E-state index < -0.39 is 0 Å². The normalized spacial score (nSPS) is 23.9. The first-order chi connectivity index (χ1) is 12.7. The van der Waals surface area contributed by atoms with E-state index >= 15 is 0 Å². The summed E-state index contributed by atoms with van der Waals surface area (Å²) in [6, 6.07) is 6.56. The van der Waals surface area contributed by atoms with Crippen LogP contribution in [0.25, 0.3) is 0 Å². The van der Waals surface area contributed by atoms with Crippen LogP contribution >= 0.6 is 12.4 Å². The van der Waals surface area contributed by atoms with E-state index in [0.29, 0.717) is 31.7 Å². The van der Waals surface area contributed by atoms with Crippen molar-refractivity contribution in [2.75, 3.05) is 19.8 Å². The Hall–Kier alpha value is -1.46. The maximum Gasteiger partial charge on any atom is 0.237 e. The van der Waals surface area contributed by atoms with Gasteiger partial charge in [-0.3, -0.25) is 4.79 Å². The number of halogens is 1. The summed E-state index contributed by atoms with van der Waals surface area (Å²) in [5.41, 5.74) is 1.14. The molecule has 3 unspecified atom stereocenters. The molecule has 5 nitrogen and oxygen atoms in total. The van der Waals surface area contributed by atoms with Gasteiger partial charge in [0, 0.05) is 12.6 Å². The van der Waals surface area contributed by atoms with E-state index in [1.807, 2.05) is 32.0 Å². The third-order valence-corrected chi connectivity index (χ3v) is 5.50. The number of carbonyl (C=O) groups is 1. The van der Waals surface area contributed by atoms with E-state index in [9.17, 15) is 4.79 Å². The molecule has 0 radical (unpaired) electrons. The van der Waals surface area contributed by atoms with Crippen molar-refractivity contribution in [3.05, 3.63) is 23.8 Å². The molecule has 6 heteroatoms. The molecule has 1 aliphatic carbocycles. The summed E-state index contributed by atoms with van der Waals surface area (Å²) in [6.45, 7) is 5.80. The molecular formula is C21H33ClN2O3. The molecule has 0 aromatic heterocycles. The fourth-order valence-electron chi connectivity index (χ4n) is 4.23. The van der Waals surface area contributed by atoms with E-state index in [0.717, 1.165) is 29.9 Å². The first-order valence-electron chi connectivity index (χ1n) is 10.1. The Morgan fingerprint density at radius 2 is 1.89 bits per heavy atom. The van der Waals surface area contributed by atoms with Crippen LogP contribution in [0, 0.1) is 5.92 Å². The number of nitrogens with one attached hydrogen (secondary N) is 2. The molecule has 1 aromatic rings. The van der Waals surface area contributed by atoms with E-state index in [4.69, 9.17) is 9.47 Å². The van der Waals surface area contributed by atoms with E-state index in [2.05, 4.69) is 10.6 Å². The monoisotopic (exact) mass is 396 g/mol. The number of hydrogen-bond donors (Lipinski definition) is 2. The minimum absolute atomic E-state index is 0. The molecule has 3 atom stereocenters. The van der Waals surface area contributed by atoms with Gasteiger partial charge in [0.15, 0.2) is 11.5 Å². The summed E-state index contributed by atoms with van der Waals surface area (Å²) in [5, 5.41) is 6.64. The van der Waals surface area contributed by atoms with Crippen LogP contribution in [0.5, 0.6) is 11.5 Å². The van der Waals surface area contributed by atoms with Crippen molar-refractivity contribution in [3.8, 4) is 11.5 Å². The standard InChI is InChI=1S/C21H32N2O3.ClH/c1-3-25-19-10-9-15(13-20(19)26-4-2)11-12-22-21(24)18-14-16-7-5-6-8-17(16)23-18;/h9-10,13,16-18,23H,3-8,11-12,14H2,1-2H3,(H,22,24);1H. The second-order valence-electron chi connectivity index (χ2n) is 7.29. The fraction of sp³-hybridized carbons (Fsp3) is 0.667. The smallest absolute Gasteiger partial charge is 0.237 e. The van der Waals surface area contributed by atoms with Crippen LogP contribution in [0.3, 0.4) is 0 Å². The zero-order valence-electron chi connectivity index (χ0n) is 16.5. The minimum Gasteiger partial charge on any atom is -0.490 e. The second-order valence-corrected chi connectivity index (χ2v) is 7.29. The van der Waals surface area contributed by atoms with Gasteiger partial charge in [0.2, 0.25) is 5.91 Å². The lowest BCUT2D eigenvalue weighted by molar-refractivity contribution is -0.122. The van der Waals surface area contributed by atoms with Crippen molar-refractivity contribution in [1.29, 1.82) is 0 Å². The number of ether oxygens (including phenoxy) is 2. The van der Waals surface area contributed by atoms with Gasteiger partial charge in [0.05, 0.1) is 19.3 Å². The van der Waals surface area contributed by atoms with E-state index in [-0.39, 0.29) is 24.4 Å². The average molecular weight is 397 g/mol. The molecule has 1 saturated carbocycles. The summed E-state index contributed by atoms with van der Waals surface area (Å²) in [7, 11) is 0. The number of rotatable bonds is 8. The van der Waals surface area contributed by atoms with Gasteiger partial charge in [-0.25, -0.2) is 0 Å². The number of carbonyl (C=O) groups excluding carboxylic acids is 1. The summed E-state index contributed by atoms with van der Waals surface area (Å²) in [4.78, 5) is 12.5. The van der Waals surface area contributed by atoms with Crippen molar-refractivity contribution < 1.29 is 14.3 Å². The summed E-state index contributed by atoms with van der Waals surface area (Å²) >= 11 is 0. The van der Waals surface area contributed by atoms with E-state index in [1.54, 1.807) is 0 Å². The average Bonchev–Trinajstić information content (AvgIpc) is 3.08. The highest BCUT2D eigenvalue weighted by Crippen LogP contribution is 2.33. The van der Waals surface area contributed by atoms with Gasteiger partial charge >= 0.3 is 0 Å². The number of benzene rings is 1. The summed E-state index contributed by atoms with van der Waals surface area (Å²) < 4.78 is 11.3. The molecule has 3 rings (SSSR count). The largest absolute Gasteiger partial charge is 0.490 e. The topological polar surface area (TPSA) is 59.6 Å². The van der Waals surface area contributed by atoms with Crippen LogP contribution in [0.4, 0.5) is 0 Å². The molecule has 1 aromatic carbocycles. The highest BCUT2D eigenvalue weighted by Gasteiger charge is 2.37. The van der Waals surface area contributed by atoms with Gasteiger partial charge in [-0.05, 0) is 63.1 Å². The molecule has 1 amide bonds. The highest BCUT2D eigenvalue weighted by molar-refractivity contribution is 5.85. The van der Waals surface area contributed by atoms with Crippen LogP contribution < -0.4 is 20.1 Å². The molecule has 27 heavy (non-hydrogen) atoms. The zero-order valence-corrected chi connectivity index (χ0v) is 17.3. The molecule has 2 fully saturated rings. The molecule has 1 aliphatic heterocycles. The lowest BCUT2D eigenvalue weighted by atomic mass is 9.85. The maximum atomic E-state index is 12.5. The first-order valence-corrected chi connectivity index (χ1v) is 10.1. The SMILES string of the molecule is CCOc1ccc(CCNC(=O)C2CC3CCCCC3N2)cc1OCC.Cl. The molecular weight excluding hydrogens is 364 g/mol. The molecule has 1 heterocycles. The molecule has 2 N–H and O–H groups in total. The predicted molar refractivity (Wildman–Crippen MR) is 110 cm³/mol. The van der Waals surface area contributed by atoms with Crippen LogP contribution in [-0.4, -0.2) is 37.7 Å². The third-order valence-electron chi connectivity index (χ3n) is 5.50. The lowest BCUT2D eigenvalue weighted by Gasteiger charge is -2.24. The van der Waals surface area contributed by atoms with Gasteiger partial charge in [0.1, 0.15) is 0 Å². The zero-order chi connectivity index (χ0) is 18.4. The summed E-state index contributed by atoms with van der Waals surface area (Å²) in [6.07, 6.45) is 6.89. The lowest BCUT2D eigenvalue weighted by Crippen LogP contribution is -2.43. The van der Waals surface area contributed by atoms with Crippen molar-refractivity contribution in [1.82, 2.24) is 10.6 Å². The Morgan fingerprint density at radius 1 is 1.15 bits per heavy atom. The van der Waals surface area contributed by atoms with Crippen molar-refractivity contribution in [2.45, 2.75) is 64.5 Å². The van der Waals surface area contributed by atoms with Crippen molar-refractivity contribution in [2.24, 2.45) is 5.92 Å². The molecule has 0 bridgehead atoms. The first kappa shape index (κ1) is 21.8. The van der Waals surface area contributed by atoms with Gasteiger partial charge in [-0.15, -0.1) is 12.4 Å². The highest BCUT2D eigenvalue weighted by atomic mass is 35.5. The van der Waals surface area contributed by atoms with Gasteiger partial charge in [0.25, 0.3) is 0 Å². The number of amides is 1. The second kappa shape index (κ2) is 10.8. The van der Waals surface area contributed by atoms with Gasteiger partial charge in [-0.1, -0.05) is 18.9 Å². The Labute approximate surface area is 169 Å². The maximum absolute atomic E-state index is 12.5. The van der Waals surface area contributed by atoms with Crippen LogP contribution in [-0.2, 0) is 11.2 Å². The predicted octanol–water partition coefficient (Wildman–Crippen LogP) is 3.49. The van der Waals surface area contributed by atoms with E-state index in [1.165, 1.54) is 25.7 Å². The summed E-state index contributed by atoms with van der Waals surface area (Å²) in [5.74, 6) is 2.40. The minimum atomic E-state index is -0.0117. The van der Waals surface area contributed by atoms with Crippen LogP contribution in [0.15, 0.2) is 18.2 Å². The molecule has 1 saturated heterocycles. The molecule has 2 aliphatic rings. The van der Waals surface area contributed by atoms with Crippen molar-refractivity contribution in [3.63, 3.8) is 0 Å².